The molecule has 3 heterocycles. The topological polar surface area (TPSA) is 95.0 Å². The highest BCUT2D eigenvalue weighted by atomic mass is 32.1. The van der Waals surface area contributed by atoms with Gasteiger partial charge in [0.2, 0.25) is 5.91 Å². The lowest BCUT2D eigenvalue weighted by Crippen LogP contribution is -3.08. The van der Waals surface area contributed by atoms with Crippen molar-refractivity contribution in [3.05, 3.63) is 50.8 Å². The number of anilines is 1. The van der Waals surface area contributed by atoms with Gasteiger partial charge in [-0.2, -0.15) is 0 Å². The predicted octanol–water partition coefficient (Wildman–Crippen LogP) is 1.04. The Labute approximate surface area is 170 Å². The van der Waals surface area contributed by atoms with Crippen molar-refractivity contribution in [1.82, 2.24) is 4.57 Å². The number of oxazole rings is 1. The number of hydrogen-bond donors (Lipinski definition) is 2. The van der Waals surface area contributed by atoms with Crippen molar-refractivity contribution < 1.29 is 23.6 Å². The van der Waals surface area contributed by atoms with E-state index >= 15 is 0 Å². The molecule has 29 heavy (non-hydrogen) atoms. The molecule has 0 saturated carbocycles. The number of rotatable bonds is 5. The Morgan fingerprint density at radius 2 is 2.14 bits per heavy atom. The number of thiophene rings is 1. The zero-order valence-electron chi connectivity index (χ0n) is 16.2. The molecule has 0 radical (unpaired) electrons. The fourth-order valence-corrected chi connectivity index (χ4v) is 4.97. The van der Waals surface area contributed by atoms with Gasteiger partial charge >= 0.3 is 11.7 Å². The van der Waals surface area contributed by atoms with Crippen LogP contribution in [0.5, 0.6) is 0 Å². The molecule has 152 valence electrons. The molecular formula is C20H22N3O5S+. The van der Waals surface area contributed by atoms with Crippen LogP contribution in [0.1, 0.15) is 27.7 Å². The van der Waals surface area contributed by atoms with Crippen LogP contribution >= 0.6 is 11.3 Å². The van der Waals surface area contributed by atoms with Crippen molar-refractivity contribution in [1.29, 1.82) is 0 Å². The van der Waals surface area contributed by atoms with E-state index in [4.69, 9.17) is 9.15 Å². The summed E-state index contributed by atoms with van der Waals surface area (Å²) in [5.74, 6) is -1.42. The summed E-state index contributed by atoms with van der Waals surface area (Å²) < 4.78 is 11.7. The van der Waals surface area contributed by atoms with Crippen molar-refractivity contribution in [2.24, 2.45) is 0 Å². The van der Waals surface area contributed by atoms with E-state index in [1.807, 2.05) is 0 Å². The Morgan fingerprint density at radius 3 is 2.93 bits per heavy atom. The molecule has 1 aliphatic heterocycles. The molecular weight excluding hydrogens is 394 g/mol. The summed E-state index contributed by atoms with van der Waals surface area (Å²) >= 11 is 1.40. The van der Waals surface area contributed by atoms with Gasteiger partial charge in [0.15, 0.2) is 5.58 Å². The van der Waals surface area contributed by atoms with Crippen LogP contribution in [0, 0.1) is 0 Å². The largest absolute Gasteiger partial charge is 0.462 e. The van der Waals surface area contributed by atoms with Crippen LogP contribution in [0.15, 0.2) is 33.5 Å². The van der Waals surface area contributed by atoms with Crippen molar-refractivity contribution >= 4 is 39.3 Å². The summed E-state index contributed by atoms with van der Waals surface area (Å²) in [7, 11) is 2.10. The highest BCUT2D eigenvalue weighted by molar-refractivity contribution is 7.17. The van der Waals surface area contributed by atoms with E-state index in [-0.39, 0.29) is 13.2 Å². The Bertz CT molecular complexity index is 1140. The maximum absolute atomic E-state index is 12.7. The van der Waals surface area contributed by atoms with E-state index in [0.717, 1.165) is 30.0 Å². The van der Waals surface area contributed by atoms with Gasteiger partial charge in [-0.3, -0.25) is 9.36 Å². The normalized spacial score (nSPS) is 15.9. The smallest absolute Gasteiger partial charge is 0.420 e. The second kappa shape index (κ2) is 7.84. The van der Waals surface area contributed by atoms with Crippen molar-refractivity contribution in [2.75, 3.05) is 25.5 Å². The lowest BCUT2D eigenvalue weighted by atomic mass is 10.0. The first-order chi connectivity index (χ1) is 14.0. The lowest BCUT2D eigenvalue weighted by Gasteiger charge is -2.19. The second-order valence-electron chi connectivity index (χ2n) is 7.03. The van der Waals surface area contributed by atoms with Crippen LogP contribution in [0.3, 0.4) is 0 Å². The molecule has 1 amide bonds. The van der Waals surface area contributed by atoms with Crippen molar-refractivity contribution in [3.8, 4) is 0 Å². The highest BCUT2D eigenvalue weighted by Crippen LogP contribution is 2.35. The monoisotopic (exact) mass is 416 g/mol. The fourth-order valence-electron chi connectivity index (χ4n) is 3.60. The first-order valence-electron chi connectivity index (χ1n) is 9.49. The van der Waals surface area contributed by atoms with Crippen LogP contribution < -0.4 is 16.0 Å². The van der Waals surface area contributed by atoms with Gasteiger partial charge in [0.05, 0.1) is 36.2 Å². The number of fused-ring (bicyclic) bond motifs is 2. The standard InChI is InChI=1S/C20H21N3O5S/c1-3-27-19(25)17-12-8-9-22(2)10-15(12)29-18(17)21-16(24)11-23-13-6-4-5-7-14(13)28-20(23)26/h4-7H,3,8-11H2,1-2H3,(H,21,24)/p+1. The highest BCUT2D eigenvalue weighted by Gasteiger charge is 2.30. The number of carbonyl (C=O) groups is 2. The van der Waals surface area contributed by atoms with E-state index in [0.29, 0.717) is 21.7 Å². The summed E-state index contributed by atoms with van der Waals surface area (Å²) in [6, 6.07) is 6.93. The summed E-state index contributed by atoms with van der Waals surface area (Å²) in [6.07, 6.45) is 0.757. The molecule has 1 aromatic carbocycles. The third kappa shape index (κ3) is 3.70. The van der Waals surface area contributed by atoms with Gasteiger partial charge in [-0.1, -0.05) is 12.1 Å². The molecule has 9 heteroatoms. The summed E-state index contributed by atoms with van der Waals surface area (Å²) in [5, 5.41) is 3.30. The number of likely N-dealkylation sites (N-methyl/N-ethyl adjacent to an activating group) is 1. The zero-order chi connectivity index (χ0) is 20.5. The van der Waals surface area contributed by atoms with E-state index in [9.17, 15) is 14.4 Å². The minimum absolute atomic E-state index is 0.203. The number of esters is 1. The number of nitrogens with one attached hydrogen (secondary N) is 2. The minimum atomic E-state index is -0.595. The molecule has 1 atom stereocenters. The van der Waals surface area contributed by atoms with Gasteiger partial charge in [0, 0.05) is 6.42 Å². The average molecular weight is 416 g/mol. The predicted molar refractivity (Wildman–Crippen MR) is 109 cm³/mol. The SMILES string of the molecule is CCOC(=O)c1c(NC(=O)Cn2c(=O)oc3ccccc32)sc2c1CC[NH+](C)C2. The first kappa shape index (κ1) is 19.4. The maximum Gasteiger partial charge on any atom is 0.420 e. The number of nitrogens with zero attached hydrogens (tertiary/aromatic N) is 1. The number of aromatic nitrogens is 1. The zero-order valence-corrected chi connectivity index (χ0v) is 17.1. The van der Waals surface area contributed by atoms with Crippen LogP contribution in [0.2, 0.25) is 0 Å². The Balaban J connectivity index is 1.63. The molecule has 0 fully saturated rings. The lowest BCUT2D eigenvalue weighted by molar-refractivity contribution is -0.895. The average Bonchev–Trinajstić information content (AvgIpc) is 3.18. The van der Waals surface area contributed by atoms with Gasteiger partial charge in [-0.25, -0.2) is 9.59 Å². The van der Waals surface area contributed by atoms with Crippen LogP contribution in [0.25, 0.3) is 11.1 Å². The van der Waals surface area contributed by atoms with E-state index in [1.54, 1.807) is 31.2 Å². The Morgan fingerprint density at radius 1 is 1.34 bits per heavy atom. The number of benzene rings is 1. The molecule has 2 N–H and O–H groups in total. The van der Waals surface area contributed by atoms with Gasteiger partial charge in [-0.15, -0.1) is 11.3 Å². The van der Waals surface area contributed by atoms with Crippen LogP contribution in [0.4, 0.5) is 5.00 Å². The molecule has 0 aliphatic carbocycles. The fraction of sp³-hybridized carbons (Fsp3) is 0.350. The van der Waals surface area contributed by atoms with Crippen molar-refractivity contribution in [2.45, 2.75) is 26.4 Å². The molecule has 8 nitrogen and oxygen atoms in total. The van der Waals surface area contributed by atoms with E-state index < -0.39 is 17.6 Å². The van der Waals surface area contributed by atoms with Gasteiger partial charge in [0.25, 0.3) is 0 Å². The van der Waals surface area contributed by atoms with Crippen LogP contribution in [-0.4, -0.2) is 36.6 Å². The molecule has 0 spiro atoms. The molecule has 2 aromatic heterocycles. The maximum atomic E-state index is 12.7. The molecule has 3 aromatic rings. The summed E-state index contributed by atoms with van der Waals surface area (Å²) in [6.45, 7) is 3.53. The molecule has 4 rings (SSSR count). The number of ether oxygens (including phenoxy) is 1. The van der Waals surface area contributed by atoms with E-state index in [1.165, 1.54) is 20.8 Å². The van der Waals surface area contributed by atoms with Crippen LogP contribution in [-0.2, 0) is 29.0 Å². The van der Waals surface area contributed by atoms with E-state index in [2.05, 4.69) is 12.4 Å². The molecule has 1 aliphatic rings. The number of amides is 1. The van der Waals surface area contributed by atoms with Crippen molar-refractivity contribution in [3.63, 3.8) is 0 Å². The number of carbonyl (C=O) groups excluding carboxylic acids is 2. The summed E-state index contributed by atoms with van der Waals surface area (Å²) in [5.41, 5.74) is 2.38. The van der Waals surface area contributed by atoms with Gasteiger partial charge in [0.1, 0.15) is 18.1 Å². The Hall–Kier alpha value is -2.91. The second-order valence-corrected chi connectivity index (χ2v) is 8.14. The number of hydrogen-bond acceptors (Lipinski definition) is 6. The molecule has 1 unspecified atom stereocenters. The number of quaternary nitrogens is 1. The van der Waals surface area contributed by atoms with Gasteiger partial charge in [-0.05, 0) is 24.6 Å². The van der Waals surface area contributed by atoms with Gasteiger partial charge < -0.3 is 19.4 Å². The molecule has 0 saturated heterocycles. The third-order valence-corrected chi connectivity index (χ3v) is 6.11. The number of para-hydroxylation sites is 2. The summed E-state index contributed by atoms with van der Waals surface area (Å²) in [4.78, 5) is 39.8. The first-order valence-corrected chi connectivity index (χ1v) is 10.3. The quantitative estimate of drug-likeness (QED) is 0.606. The third-order valence-electron chi connectivity index (χ3n) is 4.96. The molecule has 0 bridgehead atoms. The Kier molecular flexibility index (Phi) is 5.25. The minimum Gasteiger partial charge on any atom is -0.462 e.